The van der Waals surface area contributed by atoms with Gasteiger partial charge >= 0.3 is 0 Å². The average Bonchev–Trinajstić information content (AvgIpc) is 3.02. The third kappa shape index (κ3) is 2.14. The molecule has 1 saturated carbocycles. The lowest BCUT2D eigenvalue weighted by molar-refractivity contribution is -0.107. The highest BCUT2D eigenvalue weighted by molar-refractivity contribution is 5.56. The second kappa shape index (κ2) is 3.96. The van der Waals surface area contributed by atoms with Crippen LogP contribution in [0.25, 0.3) is 0 Å². The Morgan fingerprint density at radius 2 is 2.27 bits per heavy atom. The predicted octanol–water partition coefficient (Wildman–Crippen LogP) is 1.16. The SMILES string of the molecule is CN(C)c1ncc(CC=O)c(C2CC2)n1. The van der Waals surface area contributed by atoms with E-state index in [2.05, 4.69) is 9.97 Å². The molecule has 0 radical (unpaired) electrons. The van der Waals surface area contributed by atoms with Gasteiger partial charge in [0.05, 0.1) is 5.69 Å². The molecule has 15 heavy (non-hydrogen) atoms. The van der Waals surface area contributed by atoms with Gasteiger partial charge in [0.2, 0.25) is 5.95 Å². The Morgan fingerprint density at radius 1 is 1.53 bits per heavy atom. The van der Waals surface area contributed by atoms with Crippen molar-refractivity contribution in [2.75, 3.05) is 19.0 Å². The fourth-order valence-corrected chi connectivity index (χ4v) is 1.58. The van der Waals surface area contributed by atoms with E-state index in [0.717, 1.165) is 23.5 Å². The van der Waals surface area contributed by atoms with E-state index in [4.69, 9.17) is 0 Å². The lowest BCUT2D eigenvalue weighted by atomic mass is 10.1. The molecule has 0 aromatic carbocycles. The van der Waals surface area contributed by atoms with Crippen LogP contribution in [0.5, 0.6) is 0 Å². The van der Waals surface area contributed by atoms with Gasteiger partial charge in [0, 0.05) is 32.6 Å². The number of hydrogen-bond donors (Lipinski definition) is 0. The molecule has 4 nitrogen and oxygen atoms in total. The van der Waals surface area contributed by atoms with Crippen LogP contribution in [0.1, 0.15) is 30.0 Å². The Labute approximate surface area is 89.3 Å². The second-order valence-corrected chi connectivity index (χ2v) is 4.12. The Kier molecular flexibility index (Phi) is 2.66. The summed E-state index contributed by atoms with van der Waals surface area (Å²) in [6.45, 7) is 0. The van der Waals surface area contributed by atoms with Crippen LogP contribution in [-0.4, -0.2) is 30.3 Å². The van der Waals surface area contributed by atoms with Crippen molar-refractivity contribution in [1.82, 2.24) is 9.97 Å². The predicted molar refractivity (Wildman–Crippen MR) is 58.1 cm³/mol. The van der Waals surface area contributed by atoms with E-state index in [1.807, 2.05) is 19.0 Å². The minimum absolute atomic E-state index is 0.430. The summed E-state index contributed by atoms with van der Waals surface area (Å²) in [5.74, 6) is 1.29. The van der Waals surface area contributed by atoms with Crippen LogP contribution in [-0.2, 0) is 11.2 Å². The van der Waals surface area contributed by atoms with Crippen LogP contribution < -0.4 is 4.90 Å². The molecule has 0 saturated heterocycles. The highest BCUT2D eigenvalue weighted by Crippen LogP contribution is 2.40. The van der Waals surface area contributed by atoms with Crippen LogP contribution in [0.3, 0.4) is 0 Å². The van der Waals surface area contributed by atoms with E-state index in [9.17, 15) is 4.79 Å². The quantitative estimate of drug-likeness (QED) is 0.692. The molecule has 80 valence electrons. The van der Waals surface area contributed by atoms with Crippen LogP contribution in [0.4, 0.5) is 5.95 Å². The maximum absolute atomic E-state index is 10.5. The molecular formula is C11H15N3O. The Bertz CT molecular complexity index is 372. The summed E-state index contributed by atoms with van der Waals surface area (Å²) in [5, 5.41) is 0. The topological polar surface area (TPSA) is 46.1 Å². The van der Waals surface area contributed by atoms with Crippen molar-refractivity contribution in [3.05, 3.63) is 17.5 Å². The zero-order chi connectivity index (χ0) is 10.8. The molecule has 0 unspecified atom stereocenters. The summed E-state index contributed by atoms with van der Waals surface area (Å²) in [5.41, 5.74) is 2.05. The number of aldehydes is 1. The van der Waals surface area contributed by atoms with Gasteiger partial charge < -0.3 is 9.69 Å². The summed E-state index contributed by atoms with van der Waals surface area (Å²) in [4.78, 5) is 21.1. The van der Waals surface area contributed by atoms with Gasteiger partial charge in [0.15, 0.2) is 0 Å². The van der Waals surface area contributed by atoms with Crippen molar-refractivity contribution < 1.29 is 4.79 Å². The molecule has 1 aliphatic carbocycles. The van der Waals surface area contributed by atoms with Crippen LogP contribution >= 0.6 is 0 Å². The van der Waals surface area contributed by atoms with Crippen molar-refractivity contribution >= 4 is 12.2 Å². The van der Waals surface area contributed by atoms with Crippen LogP contribution in [0.2, 0.25) is 0 Å². The van der Waals surface area contributed by atoms with Gasteiger partial charge in [0.25, 0.3) is 0 Å². The number of rotatable bonds is 4. The van der Waals surface area contributed by atoms with E-state index in [0.29, 0.717) is 12.3 Å². The van der Waals surface area contributed by atoms with Gasteiger partial charge in [0.1, 0.15) is 6.29 Å². The zero-order valence-corrected chi connectivity index (χ0v) is 9.10. The Balaban J connectivity index is 2.34. The second-order valence-electron chi connectivity index (χ2n) is 4.12. The summed E-state index contributed by atoms with van der Waals surface area (Å²) < 4.78 is 0. The molecule has 1 aliphatic rings. The fourth-order valence-electron chi connectivity index (χ4n) is 1.58. The van der Waals surface area contributed by atoms with Gasteiger partial charge in [-0.2, -0.15) is 0 Å². The van der Waals surface area contributed by atoms with Gasteiger partial charge in [-0.05, 0) is 18.4 Å². The van der Waals surface area contributed by atoms with Crippen molar-refractivity contribution in [1.29, 1.82) is 0 Å². The molecule has 0 amide bonds. The van der Waals surface area contributed by atoms with Crippen LogP contribution in [0.15, 0.2) is 6.20 Å². The first-order chi connectivity index (χ1) is 7.22. The monoisotopic (exact) mass is 205 g/mol. The molecule has 0 atom stereocenters. The van der Waals surface area contributed by atoms with Gasteiger partial charge in [-0.25, -0.2) is 9.97 Å². The summed E-state index contributed by atoms with van der Waals surface area (Å²) in [6, 6.07) is 0. The molecule has 2 rings (SSSR count). The fraction of sp³-hybridized carbons (Fsp3) is 0.545. The molecule has 0 spiro atoms. The first-order valence-corrected chi connectivity index (χ1v) is 5.19. The summed E-state index contributed by atoms with van der Waals surface area (Å²) >= 11 is 0. The smallest absolute Gasteiger partial charge is 0.225 e. The maximum atomic E-state index is 10.5. The van der Waals surface area contributed by atoms with Gasteiger partial charge in [-0.15, -0.1) is 0 Å². The van der Waals surface area contributed by atoms with E-state index >= 15 is 0 Å². The van der Waals surface area contributed by atoms with Gasteiger partial charge in [-0.1, -0.05) is 0 Å². The minimum Gasteiger partial charge on any atom is -0.347 e. The number of carbonyl (C=O) groups excluding carboxylic acids is 1. The zero-order valence-electron chi connectivity index (χ0n) is 9.10. The third-order valence-electron chi connectivity index (χ3n) is 2.55. The summed E-state index contributed by atoms with van der Waals surface area (Å²) in [6.07, 6.45) is 5.51. The van der Waals surface area contributed by atoms with E-state index in [1.165, 1.54) is 12.8 Å². The molecular weight excluding hydrogens is 190 g/mol. The van der Waals surface area contributed by atoms with Gasteiger partial charge in [-0.3, -0.25) is 0 Å². The van der Waals surface area contributed by atoms with Crippen LogP contribution in [0, 0.1) is 0 Å². The first-order valence-electron chi connectivity index (χ1n) is 5.19. The van der Waals surface area contributed by atoms with Crippen molar-refractivity contribution in [3.8, 4) is 0 Å². The number of hydrogen-bond acceptors (Lipinski definition) is 4. The Morgan fingerprint density at radius 3 is 2.80 bits per heavy atom. The van der Waals surface area contributed by atoms with E-state index in [1.54, 1.807) is 6.20 Å². The highest BCUT2D eigenvalue weighted by atomic mass is 16.1. The van der Waals surface area contributed by atoms with Crippen molar-refractivity contribution in [2.24, 2.45) is 0 Å². The Hall–Kier alpha value is -1.45. The largest absolute Gasteiger partial charge is 0.347 e. The maximum Gasteiger partial charge on any atom is 0.225 e. The minimum atomic E-state index is 0.430. The third-order valence-corrected chi connectivity index (χ3v) is 2.55. The summed E-state index contributed by atoms with van der Waals surface area (Å²) in [7, 11) is 3.84. The molecule has 1 fully saturated rings. The number of nitrogens with zero attached hydrogens (tertiary/aromatic N) is 3. The molecule has 0 N–H and O–H groups in total. The number of aromatic nitrogens is 2. The first kappa shape index (κ1) is 10.1. The van der Waals surface area contributed by atoms with E-state index in [-0.39, 0.29) is 0 Å². The molecule has 4 heteroatoms. The lowest BCUT2D eigenvalue weighted by Gasteiger charge is -2.12. The molecule has 1 aromatic rings. The molecule has 0 bridgehead atoms. The highest BCUT2D eigenvalue weighted by Gasteiger charge is 2.28. The van der Waals surface area contributed by atoms with Crippen molar-refractivity contribution in [2.45, 2.75) is 25.2 Å². The number of carbonyl (C=O) groups is 1. The number of anilines is 1. The van der Waals surface area contributed by atoms with E-state index < -0.39 is 0 Å². The molecule has 1 heterocycles. The average molecular weight is 205 g/mol. The standard InChI is InChI=1S/C11H15N3O/c1-14(2)11-12-7-9(5-6-15)10(13-11)8-3-4-8/h6-8H,3-5H2,1-2H3. The lowest BCUT2D eigenvalue weighted by Crippen LogP contribution is -2.14. The molecule has 1 aromatic heterocycles. The van der Waals surface area contributed by atoms with Crippen molar-refractivity contribution in [3.63, 3.8) is 0 Å². The molecule has 0 aliphatic heterocycles. The normalized spacial score (nSPS) is 15.1.